The van der Waals surface area contributed by atoms with Crippen LogP contribution in [0.2, 0.25) is 0 Å². The van der Waals surface area contributed by atoms with Crippen LogP contribution in [0.15, 0.2) is 42.5 Å². The highest BCUT2D eigenvalue weighted by atomic mass is 19.1. The van der Waals surface area contributed by atoms with Crippen molar-refractivity contribution in [3.8, 4) is 12.1 Å². The van der Waals surface area contributed by atoms with Gasteiger partial charge in [-0.25, -0.2) is 4.39 Å². The zero-order valence-corrected chi connectivity index (χ0v) is 10.3. The molecule has 0 heterocycles. The number of anilines is 2. The van der Waals surface area contributed by atoms with Crippen LogP contribution in [0.4, 0.5) is 15.8 Å². The van der Waals surface area contributed by atoms with Crippen LogP contribution in [0, 0.1) is 28.5 Å². The minimum atomic E-state index is -0.541. The molecule has 2 aromatic rings. The summed E-state index contributed by atoms with van der Waals surface area (Å²) >= 11 is 0. The SMILES string of the molecule is CN(c1ccc(C#N)cc1)c1cccc(F)c1C#N. The van der Waals surface area contributed by atoms with Gasteiger partial charge >= 0.3 is 0 Å². The summed E-state index contributed by atoms with van der Waals surface area (Å²) in [5, 5.41) is 17.8. The molecule has 2 aromatic carbocycles. The van der Waals surface area contributed by atoms with E-state index in [1.807, 2.05) is 12.1 Å². The first-order valence-electron chi connectivity index (χ1n) is 5.60. The lowest BCUT2D eigenvalue weighted by molar-refractivity contribution is 0.624. The number of hydrogen-bond donors (Lipinski definition) is 0. The second-order valence-electron chi connectivity index (χ2n) is 3.96. The lowest BCUT2D eigenvalue weighted by Crippen LogP contribution is -2.11. The molecule has 0 bridgehead atoms. The molecule has 2 rings (SSSR count). The molecule has 19 heavy (non-hydrogen) atoms. The molecule has 0 saturated heterocycles. The van der Waals surface area contributed by atoms with Crippen LogP contribution in [-0.2, 0) is 0 Å². The Morgan fingerprint density at radius 3 is 2.26 bits per heavy atom. The highest BCUT2D eigenvalue weighted by molar-refractivity contribution is 5.69. The highest BCUT2D eigenvalue weighted by Crippen LogP contribution is 2.28. The summed E-state index contributed by atoms with van der Waals surface area (Å²) < 4.78 is 13.6. The van der Waals surface area contributed by atoms with Crippen LogP contribution in [-0.4, -0.2) is 7.05 Å². The molecule has 0 aromatic heterocycles. The molecule has 3 nitrogen and oxygen atoms in total. The summed E-state index contributed by atoms with van der Waals surface area (Å²) in [6.45, 7) is 0. The summed E-state index contributed by atoms with van der Waals surface area (Å²) in [5.74, 6) is -0.541. The molecule has 0 saturated carbocycles. The second kappa shape index (κ2) is 5.20. The molecular weight excluding hydrogens is 241 g/mol. The minimum absolute atomic E-state index is 0.00867. The third kappa shape index (κ3) is 2.38. The van der Waals surface area contributed by atoms with E-state index in [2.05, 4.69) is 0 Å². The minimum Gasteiger partial charge on any atom is -0.343 e. The van der Waals surface area contributed by atoms with E-state index in [4.69, 9.17) is 10.5 Å². The number of hydrogen-bond acceptors (Lipinski definition) is 3. The maximum absolute atomic E-state index is 13.6. The third-order valence-electron chi connectivity index (χ3n) is 2.85. The van der Waals surface area contributed by atoms with Gasteiger partial charge in [0.05, 0.1) is 17.3 Å². The Morgan fingerprint density at radius 2 is 1.68 bits per heavy atom. The smallest absolute Gasteiger partial charge is 0.143 e. The molecule has 0 amide bonds. The van der Waals surface area contributed by atoms with Crippen LogP contribution in [0.1, 0.15) is 11.1 Å². The van der Waals surface area contributed by atoms with Gasteiger partial charge in [-0.05, 0) is 36.4 Å². The summed E-state index contributed by atoms with van der Waals surface area (Å²) in [6, 6.07) is 15.3. The van der Waals surface area contributed by atoms with Gasteiger partial charge in [-0.3, -0.25) is 0 Å². The monoisotopic (exact) mass is 251 g/mol. The van der Waals surface area contributed by atoms with Crippen molar-refractivity contribution in [2.45, 2.75) is 0 Å². The maximum Gasteiger partial charge on any atom is 0.143 e. The van der Waals surface area contributed by atoms with Gasteiger partial charge in [0, 0.05) is 12.7 Å². The average molecular weight is 251 g/mol. The van der Waals surface area contributed by atoms with Gasteiger partial charge in [0.25, 0.3) is 0 Å². The van der Waals surface area contributed by atoms with Crippen LogP contribution in [0.3, 0.4) is 0 Å². The molecule has 4 heteroatoms. The molecule has 0 atom stereocenters. The van der Waals surface area contributed by atoms with Crippen molar-refractivity contribution >= 4 is 11.4 Å². The first-order chi connectivity index (χ1) is 9.17. The Bertz CT molecular complexity index is 678. The number of rotatable bonds is 2. The van der Waals surface area contributed by atoms with E-state index in [1.54, 1.807) is 48.3 Å². The Hall–Kier alpha value is -2.85. The molecule has 0 fully saturated rings. The van der Waals surface area contributed by atoms with E-state index in [1.165, 1.54) is 6.07 Å². The molecule has 0 N–H and O–H groups in total. The number of nitriles is 2. The Morgan fingerprint density at radius 1 is 1.00 bits per heavy atom. The van der Waals surface area contributed by atoms with Gasteiger partial charge in [-0.15, -0.1) is 0 Å². The van der Waals surface area contributed by atoms with Gasteiger partial charge in [-0.1, -0.05) is 6.07 Å². The number of nitrogens with zero attached hydrogens (tertiary/aromatic N) is 3. The molecule has 0 aliphatic carbocycles. The zero-order chi connectivity index (χ0) is 13.8. The van der Waals surface area contributed by atoms with Gasteiger partial charge in [-0.2, -0.15) is 10.5 Å². The van der Waals surface area contributed by atoms with Gasteiger partial charge in [0.15, 0.2) is 0 Å². The quantitative estimate of drug-likeness (QED) is 0.822. The van der Waals surface area contributed by atoms with Crippen molar-refractivity contribution in [1.29, 1.82) is 10.5 Å². The van der Waals surface area contributed by atoms with Crippen molar-refractivity contribution < 1.29 is 4.39 Å². The summed E-state index contributed by atoms with van der Waals surface area (Å²) in [6.07, 6.45) is 0. The zero-order valence-electron chi connectivity index (χ0n) is 10.3. The first-order valence-corrected chi connectivity index (χ1v) is 5.60. The number of halogens is 1. The van der Waals surface area contributed by atoms with E-state index in [0.717, 1.165) is 5.69 Å². The van der Waals surface area contributed by atoms with Gasteiger partial charge < -0.3 is 4.90 Å². The van der Waals surface area contributed by atoms with Crippen molar-refractivity contribution in [3.63, 3.8) is 0 Å². The van der Waals surface area contributed by atoms with Crippen molar-refractivity contribution in [2.75, 3.05) is 11.9 Å². The fraction of sp³-hybridized carbons (Fsp3) is 0.0667. The van der Waals surface area contributed by atoms with E-state index in [-0.39, 0.29) is 5.56 Å². The first kappa shape index (κ1) is 12.6. The van der Waals surface area contributed by atoms with Crippen molar-refractivity contribution in [2.24, 2.45) is 0 Å². The Labute approximate surface area is 110 Å². The number of benzene rings is 2. The molecular formula is C15H10FN3. The highest BCUT2D eigenvalue weighted by Gasteiger charge is 2.12. The van der Waals surface area contributed by atoms with Crippen molar-refractivity contribution in [3.05, 3.63) is 59.4 Å². The second-order valence-corrected chi connectivity index (χ2v) is 3.96. The topological polar surface area (TPSA) is 50.8 Å². The van der Waals surface area contributed by atoms with Crippen LogP contribution in [0.5, 0.6) is 0 Å². The largest absolute Gasteiger partial charge is 0.343 e. The summed E-state index contributed by atoms with van der Waals surface area (Å²) in [7, 11) is 1.75. The van der Waals surface area contributed by atoms with E-state index < -0.39 is 5.82 Å². The van der Waals surface area contributed by atoms with Crippen LogP contribution in [0.25, 0.3) is 0 Å². The summed E-state index contributed by atoms with van der Waals surface area (Å²) in [4.78, 5) is 1.71. The molecule has 92 valence electrons. The standard InChI is InChI=1S/C15H10FN3/c1-19(12-7-5-11(9-17)6-8-12)15-4-2-3-14(16)13(15)10-18/h2-8H,1H3. The van der Waals surface area contributed by atoms with E-state index in [9.17, 15) is 4.39 Å². The summed E-state index contributed by atoms with van der Waals surface area (Å²) in [5.41, 5.74) is 1.83. The Balaban J connectivity index is 2.45. The van der Waals surface area contributed by atoms with Crippen molar-refractivity contribution in [1.82, 2.24) is 0 Å². The van der Waals surface area contributed by atoms with Gasteiger partial charge in [0.2, 0.25) is 0 Å². The van der Waals surface area contributed by atoms with E-state index >= 15 is 0 Å². The Kier molecular flexibility index (Phi) is 3.45. The maximum atomic E-state index is 13.6. The third-order valence-corrected chi connectivity index (χ3v) is 2.85. The molecule has 0 radical (unpaired) electrons. The lowest BCUT2D eigenvalue weighted by Gasteiger charge is -2.20. The lowest BCUT2D eigenvalue weighted by atomic mass is 10.1. The van der Waals surface area contributed by atoms with Gasteiger partial charge in [0.1, 0.15) is 17.4 Å². The molecule has 0 unspecified atom stereocenters. The van der Waals surface area contributed by atoms with Crippen LogP contribution < -0.4 is 4.90 Å². The molecule has 0 aliphatic heterocycles. The predicted molar refractivity (Wildman–Crippen MR) is 70.3 cm³/mol. The normalized spacial score (nSPS) is 9.47. The van der Waals surface area contributed by atoms with Crippen LogP contribution >= 0.6 is 0 Å². The molecule has 0 aliphatic rings. The van der Waals surface area contributed by atoms with E-state index in [0.29, 0.717) is 11.3 Å². The molecule has 0 spiro atoms. The fourth-order valence-corrected chi connectivity index (χ4v) is 1.80. The fourth-order valence-electron chi connectivity index (χ4n) is 1.80. The average Bonchev–Trinajstić information content (AvgIpc) is 2.46. The predicted octanol–water partition coefficient (Wildman–Crippen LogP) is 3.34.